The molecule has 4 atom stereocenters. The molecule has 7 heteroatoms. The van der Waals surface area contributed by atoms with Crippen LogP contribution in [0.2, 0.25) is 0 Å². The van der Waals surface area contributed by atoms with Crippen LogP contribution in [0.5, 0.6) is 0 Å². The molecular formula is C23H41N3O4. The number of likely N-dealkylation sites (tertiary alicyclic amines) is 1. The number of hydrogen-bond donors (Lipinski definition) is 2. The molecule has 1 fully saturated rings. The van der Waals surface area contributed by atoms with Crippen LogP contribution in [-0.4, -0.2) is 71.5 Å². The molecule has 0 saturated carbocycles. The lowest BCUT2D eigenvalue weighted by Gasteiger charge is -2.40. The monoisotopic (exact) mass is 423 g/mol. The molecular weight excluding hydrogens is 382 g/mol. The number of likely N-dealkylation sites (N-methyl/N-ethyl adjacent to an activating group) is 2. The maximum atomic E-state index is 13.5. The average molecular weight is 424 g/mol. The lowest BCUT2D eigenvalue weighted by molar-refractivity contribution is -0.141. The Morgan fingerprint density at radius 3 is 2.20 bits per heavy atom. The highest BCUT2D eigenvalue weighted by Gasteiger charge is 2.39. The molecule has 0 aromatic carbocycles. The van der Waals surface area contributed by atoms with Crippen molar-refractivity contribution >= 4 is 17.8 Å². The third-order valence-electron chi connectivity index (χ3n) is 6.00. The number of nitrogens with one attached hydrogen (secondary N) is 1. The van der Waals surface area contributed by atoms with Crippen LogP contribution < -0.4 is 5.32 Å². The van der Waals surface area contributed by atoms with Crippen molar-refractivity contribution in [3.05, 3.63) is 11.6 Å². The molecule has 0 aromatic rings. The van der Waals surface area contributed by atoms with Gasteiger partial charge in [0.2, 0.25) is 11.8 Å². The van der Waals surface area contributed by atoms with E-state index in [0.717, 1.165) is 19.4 Å². The molecule has 0 spiro atoms. The third-order valence-corrected chi connectivity index (χ3v) is 6.00. The van der Waals surface area contributed by atoms with Crippen molar-refractivity contribution in [1.82, 2.24) is 15.1 Å². The Kier molecular flexibility index (Phi) is 9.08. The van der Waals surface area contributed by atoms with E-state index in [2.05, 4.69) is 17.1 Å². The van der Waals surface area contributed by atoms with Gasteiger partial charge in [-0.3, -0.25) is 14.5 Å². The number of carboxylic acid groups (broad SMARTS) is 1. The summed E-state index contributed by atoms with van der Waals surface area (Å²) in [6.07, 6.45) is 3.38. The number of nitrogens with zero attached hydrogens (tertiary/aromatic N) is 2. The summed E-state index contributed by atoms with van der Waals surface area (Å²) in [5, 5.41) is 12.3. The second-order valence-electron chi connectivity index (χ2n) is 10.3. The lowest BCUT2D eigenvalue weighted by Crippen LogP contribution is -2.60. The number of rotatable bonds is 7. The second-order valence-corrected chi connectivity index (χ2v) is 10.3. The zero-order valence-electron chi connectivity index (χ0n) is 20.2. The van der Waals surface area contributed by atoms with Gasteiger partial charge in [0.05, 0.1) is 12.1 Å². The minimum atomic E-state index is -1.00. The summed E-state index contributed by atoms with van der Waals surface area (Å²) in [6.45, 7) is 14.3. The summed E-state index contributed by atoms with van der Waals surface area (Å²) in [6, 6.07) is -1.32. The summed E-state index contributed by atoms with van der Waals surface area (Å²) in [5.41, 5.74) is -0.295. The van der Waals surface area contributed by atoms with Crippen molar-refractivity contribution in [2.45, 2.75) is 79.4 Å². The summed E-state index contributed by atoms with van der Waals surface area (Å²) >= 11 is 0. The van der Waals surface area contributed by atoms with E-state index >= 15 is 0 Å². The Labute approximate surface area is 181 Å². The molecule has 7 nitrogen and oxygen atoms in total. The van der Waals surface area contributed by atoms with Gasteiger partial charge in [-0.05, 0) is 44.1 Å². The van der Waals surface area contributed by atoms with Gasteiger partial charge in [-0.1, -0.05) is 47.6 Å². The van der Waals surface area contributed by atoms with E-state index in [9.17, 15) is 19.5 Å². The van der Waals surface area contributed by atoms with E-state index in [1.165, 1.54) is 6.92 Å². The van der Waals surface area contributed by atoms with Crippen molar-refractivity contribution in [1.29, 1.82) is 0 Å². The Bertz CT molecular complexity index is 666. The highest BCUT2D eigenvalue weighted by atomic mass is 16.4. The highest BCUT2D eigenvalue weighted by molar-refractivity contribution is 5.91. The standard InChI is InChI=1S/C23H41N3O4/c1-14(2)18(12-16(4)22(29)30)26(9)21(28)19(23(5,6)7)24-20(27)17-11-10-15(3)13-25(17)8/h12,14-15,17-19H,10-11,13H2,1-9H3,(H,24,27)(H,29,30)/b16-12+/t15-,17+,18+,19+/m0/s1. The minimum absolute atomic E-state index is 0.0236. The van der Waals surface area contributed by atoms with Crippen molar-refractivity contribution in [3.8, 4) is 0 Å². The molecule has 0 aromatic heterocycles. The molecule has 0 bridgehead atoms. The van der Waals surface area contributed by atoms with E-state index in [1.807, 2.05) is 41.7 Å². The van der Waals surface area contributed by atoms with Crippen LogP contribution in [0.4, 0.5) is 0 Å². The zero-order chi connectivity index (χ0) is 23.4. The van der Waals surface area contributed by atoms with Gasteiger partial charge in [0.25, 0.3) is 0 Å². The van der Waals surface area contributed by atoms with Crippen molar-refractivity contribution in [2.24, 2.45) is 17.3 Å². The smallest absolute Gasteiger partial charge is 0.331 e. The first-order valence-corrected chi connectivity index (χ1v) is 10.9. The molecule has 2 amide bonds. The van der Waals surface area contributed by atoms with Crippen LogP contribution >= 0.6 is 0 Å². The molecule has 1 saturated heterocycles. The molecule has 1 aliphatic rings. The topological polar surface area (TPSA) is 90.0 Å². The first-order valence-electron chi connectivity index (χ1n) is 10.9. The molecule has 1 rings (SSSR count). The van der Waals surface area contributed by atoms with Crippen molar-refractivity contribution in [3.63, 3.8) is 0 Å². The zero-order valence-corrected chi connectivity index (χ0v) is 20.2. The molecule has 2 N–H and O–H groups in total. The minimum Gasteiger partial charge on any atom is -0.478 e. The van der Waals surface area contributed by atoms with Gasteiger partial charge in [0.15, 0.2) is 0 Å². The maximum Gasteiger partial charge on any atom is 0.331 e. The van der Waals surface area contributed by atoms with Gasteiger partial charge in [0.1, 0.15) is 6.04 Å². The average Bonchev–Trinajstić information content (AvgIpc) is 2.61. The normalized spacial score (nSPS) is 23.1. The molecule has 0 radical (unpaired) electrons. The SMILES string of the molecule is C/C(=C\[C@H](C(C)C)N(C)C(=O)[C@@H](NC(=O)[C@H]1CC[C@H](C)CN1C)C(C)(C)C)C(=O)O. The van der Waals surface area contributed by atoms with Crippen LogP contribution in [0.1, 0.15) is 61.3 Å². The molecule has 30 heavy (non-hydrogen) atoms. The van der Waals surface area contributed by atoms with Gasteiger partial charge in [-0.25, -0.2) is 4.79 Å². The van der Waals surface area contributed by atoms with Crippen molar-refractivity contribution < 1.29 is 19.5 Å². The van der Waals surface area contributed by atoms with Gasteiger partial charge < -0.3 is 15.3 Å². The molecule has 172 valence electrons. The Hall–Kier alpha value is -1.89. The van der Waals surface area contributed by atoms with Crippen LogP contribution in [0, 0.1) is 17.3 Å². The maximum absolute atomic E-state index is 13.5. The summed E-state index contributed by atoms with van der Waals surface area (Å²) in [4.78, 5) is 41.4. The Morgan fingerprint density at radius 1 is 1.20 bits per heavy atom. The number of aliphatic carboxylic acids is 1. The van der Waals surface area contributed by atoms with Crippen molar-refractivity contribution in [2.75, 3.05) is 20.6 Å². The largest absolute Gasteiger partial charge is 0.478 e. The first-order chi connectivity index (χ1) is 13.7. The molecule has 0 unspecified atom stereocenters. The van der Waals surface area contributed by atoms with Gasteiger partial charge in [-0.15, -0.1) is 0 Å². The van der Waals surface area contributed by atoms with Gasteiger partial charge in [-0.2, -0.15) is 0 Å². The predicted octanol–water partition coefficient (Wildman–Crippen LogP) is 2.76. The highest BCUT2D eigenvalue weighted by Crippen LogP contribution is 2.25. The first kappa shape index (κ1) is 26.1. The van der Waals surface area contributed by atoms with E-state index in [1.54, 1.807) is 18.0 Å². The number of hydrogen-bond acceptors (Lipinski definition) is 4. The third kappa shape index (κ3) is 6.83. The second kappa shape index (κ2) is 10.4. The summed E-state index contributed by atoms with van der Waals surface area (Å²) in [7, 11) is 3.63. The lowest BCUT2D eigenvalue weighted by atomic mass is 9.84. The van der Waals surface area contributed by atoms with Crippen LogP contribution in [0.15, 0.2) is 11.6 Å². The summed E-state index contributed by atoms with van der Waals surface area (Å²) < 4.78 is 0. The fourth-order valence-electron chi connectivity index (χ4n) is 4.02. The number of carboxylic acids is 1. The molecule has 1 heterocycles. The number of amides is 2. The van der Waals surface area contributed by atoms with Crippen LogP contribution in [-0.2, 0) is 14.4 Å². The fourth-order valence-corrected chi connectivity index (χ4v) is 4.02. The van der Waals surface area contributed by atoms with E-state index < -0.39 is 17.4 Å². The predicted molar refractivity (Wildman–Crippen MR) is 119 cm³/mol. The molecule has 1 aliphatic heterocycles. The Morgan fingerprint density at radius 2 is 1.77 bits per heavy atom. The van der Waals surface area contributed by atoms with Gasteiger partial charge >= 0.3 is 5.97 Å². The number of carbonyl (C=O) groups excluding carboxylic acids is 2. The van der Waals surface area contributed by atoms with Crippen LogP contribution in [0.25, 0.3) is 0 Å². The Balaban J connectivity index is 3.09. The van der Waals surface area contributed by atoms with E-state index in [4.69, 9.17) is 0 Å². The quantitative estimate of drug-likeness (QED) is 0.615. The fraction of sp³-hybridized carbons (Fsp3) is 0.783. The van der Waals surface area contributed by atoms with E-state index in [-0.39, 0.29) is 35.4 Å². The van der Waals surface area contributed by atoms with Crippen LogP contribution in [0.3, 0.4) is 0 Å². The number of carbonyl (C=O) groups is 3. The summed E-state index contributed by atoms with van der Waals surface area (Å²) in [5.74, 6) is -0.756. The number of piperidine rings is 1. The van der Waals surface area contributed by atoms with E-state index in [0.29, 0.717) is 5.92 Å². The van der Waals surface area contributed by atoms with Gasteiger partial charge in [0, 0.05) is 19.2 Å². The molecule has 0 aliphatic carbocycles.